The topological polar surface area (TPSA) is 129 Å². The maximum Gasteiger partial charge on any atom is 0.405 e. The Hall–Kier alpha value is -4.72. The van der Waals surface area contributed by atoms with Gasteiger partial charge in [-0.25, -0.2) is 0 Å². The third-order valence-corrected chi connectivity index (χ3v) is 5.15. The number of nitrogens with zero attached hydrogens (tertiary/aromatic N) is 5. The Kier molecular flexibility index (Phi) is 6.31. The van der Waals surface area contributed by atoms with Crippen molar-refractivity contribution in [1.29, 1.82) is 0 Å². The molecule has 37 heavy (non-hydrogen) atoms. The maximum atomic E-state index is 12.3. The molecule has 0 spiro atoms. The summed E-state index contributed by atoms with van der Waals surface area (Å²) in [7, 11) is 1.54. The van der Waals surface area contributed by atoms with Gasteiger partial charge in [0.2, 0.25) is 11.7 Å². The number of allylic oxidation sites excluding steroid dienone is 1. The summed E-state index contributed by atoms with van der Waals surface area (Å²) < 4.78 is 54.6. The van der Waals surface area contributed by atoms with Crippen LogP contribution < -0.4 is 15.4 Å². The minimum absolute atomic E-state index is 0.0287. The molecule has 0 bridgehead atoms. The van der Waals surface area contributed by atoms with Gasteiger partial charge in [0.1, 0.15) is 19.4 Å². The molecule has 0 unspecified atom stereocenters. The minimum Gasteiger partial charge on any atom is -0.443 e. The number of rotatable bonds is 7. The van der Waals surface area contributed by atoms with Crippen LogP contribution in [-0.2, 0) is 16.1 Å². The molecule has 4 aromatic rings. The molecule has 0 saturated heterocycles. The molecule has 1 aromatic carbocycles. The van der Waals surface area contributed by atoms with E-state index in [2.05, 4.69) is 25.8 Å². The Bertz CT molecular complexity index is 1570. The summed E-state index contributed by atoms with van der Waals surface area (Å²) in [5.41, 5.74) is 1.35. The van der Waals surface area contributed by atoms with E-state index >= 15 is 0 Å². The number of fused-ring (bicyclic) bond motifs is 3. The number of aromatic nitrogens is 5. The number of nitrogens with one attached hydrogen (secondary N) is 2. The van der Waals surface area contributed by atoms with E-state index in [9.17, 15) is 18.0 Å². The van der Waals surface area contributed by atoms with Gasteiger partial charge in [0.25, 0.3) is 5.91 Å². The molecule has 0 fully saturated rings. The van der Waals surface area contributed by atoms with Crippen LogP contribution in [0.15, 0.2) is 70.7 Å². The first kappa shape index (κ1) is 24.0. The lowest BCUT2D eigenvalue weighted by atomic mass is 10.2. The van der Waals surface area contributed by atoms with E-state index in [1.54, 1.807) is 6.07 Å². The molecule has 1 aliphatic heterocycles. The van der Waals surface area contributed by atoms with E-state index in [0.29, 0.717) is 34.0 Å². The second-order valence-electron chi connectivity index (χ2n) is 7.79. The standard InChI is InChI=1S/C23H18F3N7O4/c1-35-11-15-8-18(32-37-15)20-30-29-19-16-4-2-3-5-17(16)22(31-33(19)20)36-10-14-7-6-13(9-27-14)21(34)28-12-23(24,25)26/h2-10,27H,11-12H2,1H3,(H,28,34). The molecule has 0 atom stereocenters. The van der Waals surface area contributed by atoms with E-state index < -0.39 is 18.6 Å². The second kappa shape index (κ2) is 9.73. The fourth-order valence-electron chi connectivity index (χ4n) is 3.48. The van der Waals surface area contributed by atoms with Crippen molar-refractivity contribution in [2.45, 2.75) is 12.8 Å². The predicted octanol–water partition coefficient (Wildman–Crippen LogP) is 3.02. The van der Waals surface area contributed by atoms with Crippen LogP contribution in [0.3, 0.4) is 0 Å². The summed E-state index contributed by atoms with van der Waals surface area (Å²) in [5, 5.41) is 23.0. The van der Waals surface area contributed by atoms with Crippen LogP contribution in [0, 0.1) is 0 Å². The number of carbonyl (C=O) groups is 1. The van der Waals surface area contributed by atoms with Crippen molar-refractivity contribution in [2.75, 3.05) is 13.7 Å². The van der Waals surface area contributed by atoms with E-state index in [-0.39, 0.29) is 18.1 Å². The van der Waals surface area contributed by atoms with Crippen molar-refractivity contribution >= 4 is 22.3 Å². The Morgan fingerprint density at radius 1 is 1.22 bits per heavy atom. The molecule has 4 heterocycles. The van der Waals surface area contributed by atoms with Gasteiger partial charge >= 0.3 is 6.18 Å². The maximum absolute atomic E-state index is 12.3. The number of methoxy groups -OCH3 is 1. The molecule has 190 valence electrons. The van der Waals surface area contributed by atoms with Crippen molar-refractivity contribution < 1.29 is 32.0 Å². The minimum atomic E-state index is -4.50. The molecule has 0 radical (unpaired) electrons. The van der Waals surface area contributed by atoms with E-state index in [1.807, 2.05) is 29.6 Å². The summed E-state index contributed by atoms with van der Waals surface area (Å²) >= 11 is 0. The monoisotopic (exact) mass is 513 g/mol. The number of dihydropyridines is 1. The molecule has 0 saturated carbocycles. The first-order valence-corrected chi connectivity index (χ1v) is 10.8. The zero-order valence-electron chi connectivity index (χ0n) is 19.1. The Morgan fingerprint density at radius 2 is 2.03 bits per heavy atom. The van der Waals surface area contributed by atoms with Gasteiger partial charge in [-0.15, -0.1) is 15.3 Å². The van der Waals surface area contributed by atoms with Crippen molar-refractivity contribution in [2.24, 2.45) is 0 Å². The number of amides is 1. The van der Waals surface area contributed by atoms with Gasteiger partial charge in [0, 0.05) is 30.1 Å². The fraction of sp³-hybridized carbons (Fsp3) is 0.174. The summed E-state index contributed by atoms with van der Waals surface area (Å²) in [4.78, 5) is 11.9. The van der Waals surface area contributed by atoms with E-state index in [1.165, 1.54) is 36.2 Å². The van der Waals surface area contributed by atoms with E-state index in [0.717, 1.165) is 5.39 Å². The summed E-state index contributed by atoms with van der Waals surface area (Å²) in [6, 6.07) is 8.99. The number of alkyl halides is 3. The highest BCUT2D eigenvalue weighted by atomic mass is 19.4. The van der Waals surface area contributed by atoms with Gasteiger partial charge in [0.15, 0.2) is 17.1 Å². The summed E-state index contributed by atoms with van der Waals surface area (Å²) in [6.07, 6.45) is 0.985. The van der Waals surface area contributed by atoms with E-state index in [4.69, 9.17) is 14.0 Å². The Morgan fingerprint density at radius 3 is 2.76 bits per heavy atom. The average Bonchev–Trinajstić information content (AvgIpc) is 3.53. The van der Waals surface area contributed by atoms with Crippen molar-refractivity contribution in [3.63, 3.8) is 0 Å². The van der Waals surface area contributed by atoms with Gasteiger partial charge in [-0.2, -0.15) is 17.7 Å². The number of hydrogen-bond acceptors (Lipinski definition) is 9. The number of carbonyl (C=O) groups excluding carboxylic acids is 1. The molecule has 1 amide bonds. The van der Waals surface area contributed by atoms with Crippen molar-refractivity contribution in [1.82, 2.24) is 35.6 Å². The van der Waals surface area contributed by atoms with Crippen LogP contribution in [0.1, 0.15) is 5.76 Å². The smallest absolute Gasteiger partial charge is 0.405 e. The van der Waals surface area contributed by atoms with Gasteiger partial charge in [-0.3, -0.25) is 4.79 Å². The molecular formula is C23H18F3N7O4. The van der Waals surface area contributed by atoms with Gasteiger partial charge < -0.3 is 24.6 Å². The SMILES string of the molecule is COCc1cc(-c2nnc3c4ccccc4c(OC=C4C=CC(C(=O)NCC(F)(F)F)=CN4)nn23)no1. The van der Waals surface area contributed by atoms with Crippen LogP contribution in [0.4, 0.5) is 13.2 Å². The van der Waals surface area contributed by atoms with Crippen LogP contribution in [0.5, 0.6) is 5.88 Å². The zero-order chi connectivity index (χ0) is 26.0. The molecule has 0 aliphatic carbocycles. The fourth-order valence-corrected chi connectivity index (χ4v) is 3.48. The molecule has 11 nitrogen and oxygen atoms in total. The number of halogens is 3. The van der Waals surface area contributed by atoms with Gasteiger partial charge in [-0.1, -0.05) is 23.4 Å². The largest absolute Gasteiger partial charge is 0.443 e. The Labute approximate surface area is 206 Å². The highest BCUT2D eigenvalue weighted by Crippen LogP contribution is 2.29. The van der Waals surface area contributed by atoms with Crippen LogP contribution in [-0.4, -0.2) is 50.7 Å². The highest BCUT2D eigenvalue weighted by Gasteiger charge is 2.28. The van der Waals surface area contributed by atoms with Gasteiger partial charge in [0.05, 0.1) is 11.3 Å². The van der Waals surface area contributed by atoms with Crippen LogP contribution in [0.2, 0.25) is 0 Å². The molecule has 1 aliphatic rings. The summed E-state index contributed by atoms with van der Waals surface area (Å²) in [6.45, 7) is -1.18. The molecule has 14 heteroatoms. The number of benzene rings is 1. The first-order chi connectivity index (χ1) is 17.8. The van der Waals surface area contributed by atoms with Crippen LogP contribution >= 0.6 is 0 Å². The first-order valence-electron chi connectivity index (χ1n) is 10.8. The molecule has 2 N–H and O–H groups in total. The Balaban J connectivity index is 1.41. The normalized spacial score (nSPS) is 14.7. The quantitative estimate of drug-likeness (QED) is 0.358. The number of hydrogen-bond donors (Lipinski definition) is 2. The highest BCUT2D eigenvalue weighted by molar-refractivity contribution is 5.97. The predicted molar refractivity (Wildman–Crippen MR) is 123 cm³/mol. The van der Waals surface area contributed by atoms with Gasteiger partial charge in [-0.05, 0) is 18.2 Å². The van der Waals surface area contributed by atoms with Crippen molar-refractivity contribution in [3.8, 4) is 17.4 Å². The zero-order valence-corrected chi connectivity index (χ0v) is 19.1. The third-order valence-electron chi connectivity index (χ3n) is 5.15. The van der Waals surface area contributed by atoms with Crippen molar-refractivity contribution in [3.05, 3.63) is 72.0 Å². The second-order valence-corrected chi connectivity index (χ2v) is 7.79. The lowest BCUT2D eigenvalue weighted by molar-refractivity contribution is -0.136. The number of ether oxygens (including phenoxy) is 2. The molecule has 3 aromatic heterocycles. The summed E-state index contributed by atoms with van der Waals surface area (Å²) in [5.74, 6) is 0.203. The van der Waals surface area contributed by atoms with Crippen LogP contribution in [0.25, 0.3) is 27.9 Å². The average molecular weight is 513 g/mol. The third kappa shape index (κ3) is 5.13. The lowest BCUT2D eigenvalue weighted by Gasteiger charge is -2.13. The lowest BCUT2D eigenvalue weighted by Crippen LogP contribution is -2.35. The molecular weight excluding hydrogens is 495 g/mol. The molecule has 5 rings (SSSR count).